The predicted octanol–water partition coefficient (Wildman–Crippen LogP) is 2.88. The first kappa shape index (κ1) is 15.5. The Labute approximate surface area is 135 Å². The quantitative estimate of drug-likeness (QED) is 0.860. The van der Waals surface area contributed by atoms with Crippen molar-refractivity contribution >= 4 is 16.5 Å². The largest absolute Gasteiger partial charge is 0.389 e. The summed E-state index contributed by atoms with van der Waals surface area (Å²) in [6.07, 6.45) is 2.97. The second-order valence-electron chi connectivity index (χ2n) is 6.21. The van der Waals surface area contributed by atoms with Crippen LogP contribution in [0.3, 0.4) is 0 Å². The molecule has 0 unspecified atom stereocenters. The van der Waals surface area contributed by atoms with Crippen LogP contribution in [-0.2, 0) is 6.54 Å². The second kappa shape index (κ2) is 6.36. The third-order valence-electron chi connectivity index (χ3n) is 4.14. The predicted molar refractivity (Wildman–Crippen MR) is 92.4 cm³/mol. The van der Waals surface area contributed by atoms with Crippen LogP contribution >= 0.6 is 11.3 Å². The van der Waals surface area contributed by atoms with E-state index in [2.05, 4.69) is 17.4 Å². The van der Waals surface area contributed by atoms with Gasteiger partial charge in [-0.1, -0.05) is 41.7 Å². The maximum absolute atomic E-state index is 10.2. The van der Waals surface area contributed by atoms with Crippen molar-refractivity contribution in [2.45, 2.75) is 31.4 Å². The molecule has 1 aromatic heterocycles. The molecule has 5 heteroatoms. The van der Waals surface area contributed by atoms with E-state index in [4.69, 9.17) is 4.98 Å². The first-order valence-corrected chi connectivity index (χ1v) is 8.55. The fourth-order valence-corrected chi connectivity index (χ4v) is 3.62. The van der Waals surface area contributed by atoms with Crippen LogP contribution in [0.2, 0.25) is 0 Å². The molecule has 0 radical (unpaired) electrons. The molecule has 0 atom stereocenters. The van der Waals surface area contributed by atoms with Crippen LogP contribution in [0.15, 0.2) is 30.3 Å². The van der Waals surface area contributed by atoms with Crippen LogP contribution in [0.25, 0.3) is 11.3 Å². The van der Waals surface area contributed by atoms with E-state index in [0.29, 0.717) is 6.54 Å². The van der Waals surface area contributed by atoms with Crippen molar-refractivity contribution in [3.8, 4) is 11.3 Å². The van der Waals surface area contributed by atoms with E-state index in [9.17, 15) is 5.11 Å². The summed E-state index contributed by atoms with van der Waals surface area (Å²) in [5.74, 6) is 0. The summed E-state index contributed by atoms with van der Waals surface area (Å²) in [4.78, 5) is 8.03. The number of rotatable bonds is 6. The fraction of sp³-hybridized carbons (Fsp3) is 0.471. The van der Waals surface area contributed by atoms with Gasteiger partial charge in [-0.25, -0.2) is 4.98 Å². The molecule has 1 heterocycles. The molecule has 0 saturated heterocycles. The van der Waals surface area contributed by atoms with Crippen LogP contribution in [-0.4, -0.2) is 36.3 Å². The number of thiazole rings is 1. The first-order chi connectivity index (χ1) is 10.6. The minimum absolute atomic E-state index is 0.484. The Kier molecular flexibility index (Phi) is 4.47. The molecule has 1 aromatic carbocycles. The molecule has 118 valence electrons. The highest BCUT2D eigenvalue weighted by Crippen LogP contribution is 2.33. The Bertz CT molecular complexity index is 620. The molecule has 22 heavy (non-hydrogen) atoms. The van der Waals surface area contributed by atoms with Gasteiger partial charge in [0.05, 0.1) is 11.3 Å². The number of aromatic nitrogens is 1. The minimum atomic E-state index is -0.484. The number of benzene rings is 1. The lowest BCUT2D eigenvalue weighted by Crippen LogP contribution is -2.45. The zero-order chi connectivity index (χ0) is 15.6. The Morgan fingerprint density at radius 2 is 2.00 bits per heavy atom. The summed E-state index contributed by atoms with van der Waals surface area (Å²) in [6, 6.07) is 10.3. The monoisotopic (exact) mass is 317 g/mol. The van der Waals surface area contributed by atoms with E-state index >= 15 is 0 Å². The SMILES string of the molecule is CN(C)c1nc(-c2ccccc2)c(CNCC2(O)CCC2)s1. The highest BCUT2D eigenvalue weighted by Gasteiger charge is 2.33. The standard InChI is InChI=1S/C17H23N3OS/c1-20(2)16-19-15(13-7-4-3-5-8-13)14(22-16)11-18-12-17(21)9-6-10-17/h3-5,7-8,18,21H,6,9-12H2,1-2H3. The van der Waals surface area contributed by atoms with Crippen LogP contribution < -0.4 is 10.2 Å². The van der Waals surface area contributed by atoms with Gasteiger partial charge in [-0.05, 0) is 19.3 Å². The molecule has 1 aliphatic carbocycles. The molecular weight excluding hydrogens is 294 g/mol. The number of hydrogen-bond donors (Lipinski definition) is 2. The Hall–Kier alpha value is -1.43. The van der Waals surface area contributed by atoms with Crippen molar-refractivity contribution in [3.05, 3.63) is 35.2 Å². The van der Waals surface area contributed by atoms with E-state index in [0.717, 1.165) is 42.2 Å². The lowest BCUT2D eigenvalue weighted by molar-refractivity contribution is -0.0314. The highest BCUT2D eigenvalue weighted by atomic mass is 32.1. The molecule has 1 fully saturated rings. The average Bonchev–Trinajstić information content (AvgIpc) is 2.91. The molecule has 0 spiro atoms. The van der Waals surface area contributed by atoms with Gasteiger partial charge in [0.15, 0.2) is 5.13 Å². The van der Waals surface area contributed by atoms with Crippen LogP contribution in [0.5, 0.6) is 0 Å². The van der Waals surface area contributed by atoms with Crippen LogP contribution in [0, 0.1) is 0 Å². The van der Waals surface area contributed by atoms with Crippen LogP contribution in [0.4, 0.5) is 5.13 Å². The van der Waals surface area contributed by atoms with Gasteiger partial charge < -0.3 is 15.3 Å². The van der Waals surface area contributed by atoms with Crippen molar-refractivity contribution < 1.29 is 5.11 Å². The molecule has 0 bridgehead atoms. The maximum atomic E-state index is 10.2. The lowest BCUT2D eigenvalue weighted by Gasteiger charge is -2.36. The molecule has 4 nitrogen and oxygen atoms in total. The van der Waals surface area contributed by atoms with Gasteiger partial charge in [-0.2, -0.15) is 0 Å². The smallest absolute Gasteiger partial charge is 0.185 e. The third kappa shape index (κ3) is 3.32. The summed E-state index contributed by atoms with van der Waals surface area (Å²) in [6.45, 7) is 1.41. The highest BCUT2D eigenvalue weighted by molar-refractivity contribution is 7.16. The normalized spacial score (nSPS) is 16.3. The number of nitrogens with one attached hydrogen (secondary N) is 1. The summed E-state index contributed by atoms with van der Waals surface area (Å²) in [5, 5.41) is 14.6. The van der Waals surface area contributed by atoms with Gasteiger partial charge in [0.1, 0.15) is 0 Å². The Balaban J connectivity index is 1.76. The maximum Gasteiger partial charge on any atom is 0.185 e. The van der Waals surface area contributed by atoms with E-state index in [-0.39, 0.29) is 0 Å². The van der Waals surface area contributed by atoms with Crippen LogP contribution in [0.1, 0.15) is 24.1 Å². The fourth-order valence-electron chi connectivity index (χ4n) is 2.64. The van der Waals surface area contributed by atoms with Gasteiger partial charge in [0, 0.05) is 37.6 Å². The summed E-state index contributed by atoms with van der Waals surface area (Å²) >= 11 is 1.71. The molecule has 2 aromatic rings. The van der Waals surface area contributed by atoms with E-state index < -0.39 is 5.60 Å². The van der Waals surface area contributed by atoms with E-state index in [1.165, 1.54) is 4.88 Å². The number of aliphatic hydroxyl groups is 1. The van der Waals surface area contributed by atoms with E-state index in [1.54, 1.807) is 11.3 Å². The molecular formula is C17H23N3OS. The zero-order valence-electron chi connectivity index (χ0n) is 13.2. The van der Waals surface area contributed by atoms with Gasteiger partial charge in [-0.15, -0.1) is 0 Å². The summed E-state index contributed by atoms with van der Waals surface area (Å²) in [5.41, 5.74) is 1.70. The Morgan fingerprint density at radius 3 is 2.59 bits per heavy atom. The molecule has 1 aliphatic rings. The third-order valence-corrected chi connectivity index (χ3v) is 5.36. The average molecular weight is 317 g/mol. The molecule has 2 N–H and O–H groups in total. The van der Waals surface area contributed by atoms with Crippen molar-refractivity contribution in [1.82, 2.24) is 10.3 Å². The van der Waals surface area contributed by atoms with E-state index in [1.807, 2.05) is 37.2 Å². The second-order valence-corrected chi connectivity index (χ2v) is 7.27. The van der Waals surface area contributed by atoms with Crippen molar-refractivity contribution in [2.75, 3.05) is 25.5 Å². The topological polar surface area (TPSA) is 48.4 Å². The molecule has 0 aliphatic heterocycles. The van der Waals surface area contributed by atoms with Crippen molar-refractivity contribution in [3.63, 3.8) is 0 Å². The minimum Gasteiger partial charge on any atom is -0.389 e. The Morgan fingerprint density at radius 1 is 1.27 bits per heavy atom. The number of nitrogens with zero attached hydrogens (tertiary/aromatic N) is 2. The first-order valence-electron chi connectivity index (χ1n) is 7.73. The number of anilines is 1. The number of hydrogen-bond acceptors (Lipinski definition) is 5. The van der Waals surface area contributed by atoms with Crippen molar-refractivity contribution in [2.24, 2.45) is 0 Å². The van der Waals surface area contributed by atoms with Gasteiger partial charge >= 0.3 is 0 Å². The van der Waals surface area contributed by atoms with Crippen molar-refractivity contribution in [1.29, 1.82) is 0 Å². The zero-order valence-corrected chi connectivity index (χ0v) is 14.0. The summed E-state index contributed by atoms with van der Waals surface area (Å²) < 4.78 is 0. The lowest BCUT2D eigenvalue weighted by atomic mass is 9.80. The summed E-state index contributed by atoms with van der Waals surface area (Å²) in [7, 11) is 4.03. The van der Waals surface area contributed by atoms with Gasteiger partial charge in [0.25, 0.3) is 0 Å². The molecule has 0 amide bonds. The molecule has 1 saturated carbocycles. The van der Waals surface area contributed by atoms with Gasteiger partial charge in [0.2, 0.25) is 0 Å². The molecule has 3 rings (SSSR count). The van der Waals surface area contributed by atoms with Gasteiger partial charge in [-0.3, -0.25) is 0 Å².